The number of hydrogen-bond donors (Lipinski definition) is 2. The van der Waals surface area contributed by atoms with Crippen molar-refractivity contribution in [2.24, 2.45) is 0 Å². The minimum absolute atomic E-state index is 0.150. The lowest BCUT2D eigenvalue weighted by Crippen LogP contribution is -2.48. The average Bonchev–Trinajstić information content (AvgIpc) is 3.19. The van der Waals surface area contributed by atoms with Crippen molar-refractivity contribution in [1.29, 1.82) is 0 Å². The van der Waals surface area contributed by atoms with Gasteiger partial charge in [0.2, 0.25) is 5.91 Å². The zero-order valence-corrected chi connectivity index (χ0v) is 15.5. The molecule has 1 aromatic rings. The lowest BCUT2D eigenvalue weighted by molar-refractivity contribution is -0.129. The highest BCUT2D eigenvalue weighted by molar-refractivity contribution is 5.78. The molecule has 3 amide bonds. The van der Waals surface area contributed by atoms with Gasteiger partial charge in [0.05, 0.1) is 0 Å². The SMILES string of the molecule is O=C(NCCC(=O)N1CCCC1)NC1CCN(Cc2ccccc2)CC1. The molecule has 3 rings (SSSR count). The summed E-state index contributed by atoms with van der Waals surface area (Å²) < 4.78 is 0. The summed E-state index contributed by atoms with van der Waals surface area (Å²) in [5.74, 6) is 0.150. The van der Waals surface area contributed by atoms with Gasteiger partial charge in [-0.3, -0.25) is 9.69 Å². The van der Waals surface area contributed by atoms with E-state index < -0.39 is 0 Å². The number of rotatable bonds is 6. The molecule has 2 heterocycles. The highest BCUT2D eigenvalue weighted by Gasteiger charge is 2.21. The Morgan fingerprint density at radius 3 is 2.38 bits per heavy atom. The van der Waals surface area contributed by atoms with Crippen LogP contribution in [0.4, 0.5) is 4.79 Å². The van der Waals surface area contributed by atoms with Crippen LogP contribution in [0, 0.1) is 0 Å². The van der Waals surface area contributed by atoms with Crippen LogP contribution in [0.2, 0.25) is 0 Å². The Balaban J connectivity index is 1.29. The maximum atomic E-state index is 12.0. The molecule has 142 valence electrons. The van der Waals surface area contributed by atoms with Crippen LogP contribution in [0.15, 0.2) is 30.3 Å². The monoisotopic (exact) mass is 358 g/mol. The van der Waals surface area contributed by atoms with Crippen molar-refractivity contribution in [1.82, 2.24) is 20.4 Å². The summed E-state index contributed by atoms with van der Waals surface area (Å²) in [5, 5.41) is 5.87. The number of nitrogens with one attached hydrogen (secondary N) is 2. The number of carbonyl (C=O) groups is 2. The summed E-state index contributed by atoms with van der Waals surface area (Å²) in [6, 6.07) is 10.6. The molecule has 0 spiro atoms. The first-order valence-electron chi connectivity index (χ1n) is 9.79. The third kappa shape index (κ3) is 5.73. The summed E-state index contributed by atoms with van der Waals surface area (Å²) in [6.07, 6.45) is 4.52. The smallest absolute Gasteiger partial charge is 0.315 e. The van der Waals surface area contributed by atoms with Gasteiger partial charge in [0.25, 0.3) is 0 Å². The number of benzene rings is 1. The number of hydrogen-bond acceptors (Lipinski definition) is 3. The molecule has 0 radical (unpaired) electrons. The lowest BCUT2D eigenvalue weighted by Gasteiger charge is -2.32. The van der Waals surface area contributed by atoms with Crippen LogP contribution < -0.4 is 10.6 Å². The van der Waals surface area contributed by atoms with Crippen molar-refractivity contribution in [3.63, 3.8) is 0 Å². The summed E-state index contributed by atoms with van der Waals surface area (Å²) >= 11 is 0. The molecule has 2 aliphatic heterocycles. The second kappa shape index (κ2) is 9.57. The van der Waals surface area contributed by atoms with Gasteiger partial charge in [-0.1, -0.05) is 30.3 Å². The number of likely N-dealkylation sites (tertiary alicyclic amines) is 2. The van der Waals surface area contributed by atoms with Gasteiger partial charge in [-0.25, -0.2) is 4.79 Å². The Morgan fingerprint density at radius 1 is 1.00 bits per heavy atom. The molecule has 0 aliphatic carbocycles. The number of amides is 3. The minimum Gasteiger partial charge on any atom is -0.343 e. The maximum Gasteiger partial charge on any atom is 0.315 e. The molecule has 1 aromatic carbocycles. The van der Waals surface area contributed by atoms with Gasteiger partial charge in [-0.05, 0) is 31.2 Å². The van der Waals surface area contributed by atoms with Gasteiger partial charge in [-0.15, -0.1) is 0 Å². The summed E-state index contributed by atoms with van der Waals surface area (Å²) in [5.41, 5.74) is 1.33. The third-order valence-corrected chi connectivity index (χ3v) is 5.25. The van der Waals surface area contributed by atoms with Crippen LogP contribution in [-0.4, -0.2) is 60.5 Å². The van der Waals surface area contributed by atoms with E-state index >= 15 is 0 Å². The van der Waals surface area contributed by atoms with Crippen molar-refractivity contribution >= 4 is 11.9 Å². The van der Waals surface area contributed by atoms with Gasteiger partial charge < -0.3 is 15.5 Å². The van der Waals surface area contributed by atoms with E-state index in [0.29, 0.717) is 13.0 Å². The van der Waals surface area contributed by atoms with Crippen LogP contribution in [0.3, 0.4) is 0 Å². The normalized spacial score (nSPS) is 18.7. The molecule has 0 aromatic heterocycles. The first kappa shape index (κ1) is 18.7. The van der Waals surface area contributed by atoms with Crippen LogP contribution >= 0.6 is 0 Å². The van der Waals surface area contributed by atoms with Gasteiger partial charge in [0, 0.05) is 51.7 Å². The molecular formula is C20H30N4O2. The lowest BCUT2D eigenvalue weighted by atomic mass is 10.0. The third-order valence-electron chi connectivity index (χ3n) is 5.25. The Kier molecular flexibility index (Phi) is 6.89. The number of carbonyl (C=O) groups excluding carboxylic acids is 2. The van der Waals surface area contributed by atoms with E-state index in [9.17, 15) is 9.59 Å². The Morgan fingerprint density at radius 2 is 1.69 bits per heavy atom. The van der Waals surface area contributed by atoms with Crippen molar-refractivity contribution in [3.05, 3.63) is 35.9 Å². The molecular weight excluding hydrogens is 328 g/mol. The Bertz CT molecular complexity index is 579. The molecule has 2 fully saturated rings. The first-order chi connectivity index (χ1) is 12.7. The predicted octanol–water partition coefficient (Wildman–Crippen LogP) is 1.96. The fraction of sp³-hybridized carbons (Fsp3) is 0.600. The van der Waals surface area contributed by atoms with Crippen molar-refractivity contribution in [3.8, 4) is 0 Å². The molecule has 0 saturated carbocycles. The number of nitrogens with zero attached hydrogens (tertiary/aromatic N) is 2. The average molecular weight is 358 g/mol. The zero-order chi connectivity index (χ0) is 18.2. The predicted molar refractivity (Wildman–Crippen MR) is 102 cm³/mol. The fourth-order valence-corrected chi connectivity index (χ4v) is 3.72. The van der Waals surface area contributed by atoms with E-state index in [4.69, 9.17) is 0 Å². The summed E-state index contributed by atoms with van der Waals surface area (Å²) in [6.45, 7) is 5.10. The maximum absolute atomic E-state index is 12.0. The Labute approximate surface area is 155 Å². The van der Waals surface area contributed by atoms with Crippen LogP contribution in [0.25, 0.3) is 0 Å². The molecule has 2 aliphatic rings. The molecule has 26 heavy (non-hydrogen) atoms. The van der Waals surface area contributed by atoms with Gasteiger partial charge >= 0.3 is 6.03 Å². The van der Waals surface area contributed by atoms with E-state index in [-0.39, 0.29) is 18.0 Å². The van der Waals surface area contributed by atoms with E-state index in [1.165, 1.54) is 5.56 Å². The number of piperidine rings is 1. The molecule has 0 unspecified atom stereocenters. The van der Waals surface area contributed by atoms with Gasteiger partial charge in [0.1, 0.15) is 0 Å². The first-order valence-corrected chi connectivity index (χ1v) is 9.79. The van der Waals surface area contributed by atoms with Crippen LogP contribution in [0.5, 0.6) is 0 Å². The quantitative estimate of drug-likeness (QED) is 0.817. The fourth-order valence-electron chi connectivity index (χ4n) is 3.72. The molecule has 2 N–H and O–H groups in total. The van der Waals surface area contributed by atoms with Gasteiger partial charge in [-0.2, -0.15) is 0 Å². The van der Waals surface area contributed by atoms with Crippen molar-refractivity contribution < 1.29 is 9.59 Å². The highest BCUT2D eigenvalue weighted by Crippen LogP contribution is 2.14. The van der Waals surface area contributed by atoms with E-state index in [1.54, 1.807) is 0 Å². The zero-order valence-electron chi connectivity index (χ0n) is 15.5. The van der Waals surface area contributed by atoms with Crippen molar-refractivity contribution in [2.75, 3.05) is 32.7 Å². The second-order valence-corrected chi connectivity index (χ2v) is 7.27. The molecule has 6 heteroatoms. The molecule has 0 bridgehead atoms. The van der Waals surface area contributed by atoms with Gasteiger partial charge in [0.15, 0.2) is 0 Å². The molecule has 6 nitrogen and oxygen atoms in total. The summed E-state index contributed by atoms with van der Waals surface area (Å²) in [4.78, 5) is 28.3. The van der Waals surface area contributed by atoms with E-state index in [2.05, 4.69) is 39.8 Å². The number of urea groups is 1. The largest absolute Gasteiger partial charge is 0.343 e. The van der Waals surface area contributed by atoms with Crippen molar-refractivity contribution in [2.45, 2.75) is 44.7 Å². The van der Waals surface area contributed by atoms with Crippen LogP contribution in [0.1, 0.15) is 37.7 Å². The summed E-state index contributed by atoms with van der Waals surface area (Å²) in [7, 11) is 0. The van der Waals surface area contributed by atoms with Crippen LogP contribution in [-0.2, 0) is 11.3 Å². The van der Waals surface area contributed by atoms with E-state index in [1.807, 2.05) is 11.0 Å². The molecule has 0 atom stereocenters. The van der Waals surface area contributed by atoms with E-state index in [0.717, 1.165) is 58.4 Å². The standard InChI is InChI=1S/C20H30N4O2/c25-19(24-12-4-5-13-24)8-11-21-20(26)22-18-9-14-23(15-10-18)16-17-6-2-1-3-7-17/h1-3,6-7,18H,4-5,8-16H2,(H2,21,22,26). The second-order valence-electron chi connectivity index (χ2n) is 7.27. The minimum atomic E-state index is -0.152. The highest BCUT2D eigenvalue weighted by atomic mass is 16.2. The molecule has 2 saturated heterocycles. The topological polar surface area (TPSA) is 64.7 Å². The Hall–Kier alpha value is -2.08.